The van der Waals surface area contributed by atoms with Crippen LogP contribution in [0.4, 0.5) is 0 Å². The molecule has 0 aliphatic carbocycles. The normalized spacial score (nSPS) is 12.6. The summed E-state index contributed by atoms with van der Waals surface area (Å²) in [6, 6.07) is 51.3. The summed E-state index contributed by atoms with van der Waals surface area (Å²) in [5, 5.41) is 12.1. The van der Waals surface area contributed by atoms with Crippen LogP contribution in [-0.2, 0) is 21.7 Å². The van der Waals surface area contributed by atoms with Gasteiger partial charge in [0, 0.05) is 33.7 Å². The summed E-state index contributed by atoms with van der Waals surface area (Å²) in [5.74, 6) is 0.577. The van der Waals surface area contributed by atoms with Gasteiger partial charge in [-0.2, -0.15) is 0 Å². The number of hydrogen-bond donors (Lipinski definition) is 1. The third-order valence-corrected chi connectivity index (χ3v) is 12.4. The number of hydrogen-bond acceptors (Lipinski definition) is 4. The van der Waals surface area contributed by atoms with Crippen LogP contribution in [-0.4, -0.2) is 15.1 Å². The van der Waals surface area contributed by atoms with Gasteiger partial charge in [0.1, 0.15) is 11.3 Å². The molecule has 302 valence electrons. The zero-order chi connectivity index (χ0) is 42.6. The van der Waals surface area contributed by atoms with E-state index in [0.717, 1.165) is 55.7 Å². The van der Waals surface area contributed by atoms with Crippen molar-refractivity contribution in [3.8, 4) is 50.7 Å². The summed E-state index contributed by atoms with van der Waals surface area (Å²) in [7, 11) is 0. The number of para-hydroxylation sites is 1. The van der Waals surface area contributed by atoms with Gasteiger partial charge in [-0.25, -0.2) is 4.98 Å². The number of aromatic hydroxyl groups is 1. The zero-order valence-electron chi connectivity index (χ0n) is 36.7. The number of phenolic OH excluding ortho intramolecular Hbond substituents is 1. The number of fused-ring (bicyclic) bond motifs is 1. The fourth-order valence-corrected chi connectivity index (χ4v) is 8.25. The molecule has 0 aliphatic rings. The van der Waals surface area contributed by atoms with Crippen LogP contribution in [0.1, 0.15) is 103 Å². The van der Waals surface area contributed by atoms with Crippen LogP contribution >= 0.6 is 0 Å². The van der Waals surface area contributed by atoms with Gasteiger partial charge in [0.05, 0.1) is 11.3 Å². The number of aromatic nitrogens is 2. The molecule has 8 rings (SSSR count). The average Bonchev–Trinajstić information content (AvgIpc) is 3.68. The second-order valence-electron chi connectivity index (χ2n) is 19.4. The molecule has 0 aliphatic heterocycles. The molecule has 4 heteroatoms. The lowest BCUT2D eigenvalue weighted by Gasteiger charge is -2.30. The summed E-state index contributed by atoms with van der Waals surface area (Å²) in [4.78, 5) is 10.1. The Labute approximate surface area is 356 Å². The number of benzene rings is 6. The molecular formula is C56H56N2O2. The van der Waals surface area contributed by atoms with Gasteiger partial charge < -0.3 is 9.52 Å². The molecule has 0 saturated carbocycles. The van der Waals surface area contributed by atoms with Crippen LogP contribution in [0, 0.1) is 0 Å². The predicted octanol–water partition coefficient (Wildman–Crippen LogP) is 14.8. The highest BCUT2D eigenvalue weighted by atomic mass is 16.3. The highest BCUT2D eigenvalue weighted by Gasteiger charge is 2.32. The van der Waals surface area contributed by atoms with Crippen molar-refractivity contribution >= 4 is 11.1 Å². The molecule has 0 bridgehead atoms. The summed E-state index contributed by atoms with van der Waals surface area (Å²) < 4.78 is 6.59. The minimum absolute atomic E-state index is 0.112. The van der Waals surface area contributed by atoms with E-state index >= 15 is 0 Å². The van der Waals surface area contributed by atoms with Crippen molar-refractivity contribution in [3.05, 3.63) is 185 Å². The highest BCUT2D eigenvalue weighted by Crippen LogP contribution is 2.46. The molecule has 0 unspecified atom stereocenters. The Hall–Kier alpha value is -6.26. The van der Waals surface area contributed by atoms with E-state index in [4.69, 9.17) is 14.4 Å². The smallest absolute Gasteiger partial charge is 0.231 e. The van der Waals surface area contributed by atoms with Crippen molar-refractivity contribution in [2.24, 2.45) is 0 Å². The summed E-state index contributed by atoms with van der Waals surface area (Å²) >= 11 is 0. The Morgan fingerprint density at radius 1 is 0.450 bits per heavy atom. The molecular weight excluding hydrogens is 733 g/mol. The molecule has 0 saturated heterocycles. The predicted molar refractivity (Wildman–Crippen MR) is 250 cm³/mol. The summed E-state index contributed by atoms with van der Waals surface area (Å²) in [6.45, 7) is 22.2. The van der Waals surface area contributed by atoms with Crippen LogP contribution < -0.4 is 0 Å². The fourth-order valence-electron chi connectivity index (χ4n) is 8.25. The molecule has 8 aromatic rings. The van der Waals surface area contributed by atoms with Crippen LogP contribution in [0.2, 0.25) is 0 Å². The van der Waals surface area contributed by atoms with Gasteiger partial charge in [-0.05, 0) is 91.7 Å². The quantitative estimate of drug-likeness (QED) is 0.167. The lowest BCUT2D eigenvalue weighted by Crippen LogP contribution is -2.21. The number of pyridine rings is 1. The van der Waals surface area contributed by atoms with Gasteiger partial charge in [0.2, 0.25) is 5.89 Å². The molecule has 4 nitrogen and oxygen atoms in total. The molecule has 6 aromatic carbocycles. The Morgan fingerprint density at radius 3 is 1.67 bits per heavy atom. The molecule has 2 heterocycles. The molecule has 2 aromatic heterocycles. The third-order valence-electron chi connectivity index (χ3n) is 12.4. The largest absolute Gasteiger partial charge is 0.507 e. The number of rotatable bonds is 8. The zero-order valence-corrected chi connectivity index (χ0v) is 36.7. The molecule has 1 N–H and O–H groups in total. The molecule has 0 fully saturated rings. The van der Waals surface area contributed by atoms with E-state index in [1.807, 2.05) is 42.6 Å². The Balaban J connectivity index is 1.21. The van der Waals surface area contributed by atoms with E-state index in [1.165, 1.54) is 16.7 Å². The first-order chi connectivity index (χ1) is 28.4. The van der Waals surface area contributed by atoms with Gasteiger partial charge in [-0.15, -0.1) is 0 Å². The van der Waals surface area contributed by atoms with Gasteiger partial charge in [-0.1, -0.05) is 178 Å². The summed E-state index contributed by atoms with van der Waals surface area (Å²) in [6.07, 6.45) is 1.91. The standard InChI is InChI=1S/C56H56N2O2/c1-53(2,3)43-31-38(30-39(32-43)48-33-37(28-29-57-48)36-24-26-42(27-25-36)55(7,8)40-18-13-11-14-19-40)45-22-17-23-49-50(45)58-52(60-49)46-34-44(54(4,5)6)35-47(51(46)59)56(9,10)41-20-15-12-16-21-41/h11-35,59H,1-10H3. The SMILES string of the molecule is CC(C)(C)c1cc(-c2cc(-c3ccc(C(C)(C)c4ccccc4)cc3)ccn2)cc(-c2cccc3oc(-c4cc(C(C)(C)C)cc(C(C)(C)c5ccccc5)c4O)nc23)c1. The van der Waals surface area contributed by atoms with Gasteiger partial charge in [0.25, 0.3) is 0 Å². The van der Waals surface area contributed by atoms with E-state index in [0.29, 0.717) is 17.0 Å². The monoisotopic (exact) mass is 788 g/mol. The van der Waals surface area contributed by atoms with Crippen LogP contribution in [0.3, 0.4) is 0 Å². The van der Waals surface area contributed by atoms with Crippen molar-refractivity contribution in [2.45, 2.75) is 90.9 Å². The molecule has 0 spiro atoms. The highest BCUT2D eigenvalue weighted by molar-refractivity contribution is 5.94. The van der Waals surface area contributed by atoms with E-state index in [2.05, 4.69) is 178 Å². The second kappa shape index (κ2) is 15.1. The first-order valence-corrected chi connectivity index (χ1v) is 21.0. The second-order valence-corrected chi connectivity index (χ2v) is 19.4. The lowest BCUT2D eigenvalue weighted by atomic mass is 9.74. The molecule has 60 heavy (non-hydrogen) atoms. The van der Waals surface area contributed by atoms with Crippen LogP contribution in [0.5, 0.6) is 5.75 Å². The van der Waals surface area contributed by atoms with Gasteiger partial charge >= 0.3 is 0 Å². The Kier molecular flexibility index (Phi) is 10.2. The molecule has 0 amide bonds. The number of oxazole rings is 1. The maximum atomic E-state index is 12.1. The van der Waals surface area contributed by atoms with Gasteiger partial charge in [-0.3, -0.25) is 4.98 Å². The van der Waals surface area contributed by atoms with Gasteiger partial charge in [0.15, 0.2) is 5.58 Å². The minimum atomic E-state index is -0.476. The average molecular weight is 789 g/mol. The van der Waals surface area contributed by atoms with Crippen molar-refractivity contribution in [1.29, 1.82) is 0 Å². The topological polar surface area (TPSA) is 59.2 Å². The van der Waals surface area contributed by atoms with Crippen molar-refractivity contribution < 1.29 is 9.52 Å². The van der Waals surface area contributed by atoms with Crippen LogP contribution in [0.25, 0.3) is 56.1 Å². The number of phenols is 1. The summed E-state index contributed by atoms with van der Waals surface area (Å²) in [5.41, 5.74) is 14.1. The Bertz CT molecular complexity index is 2820. The van der Waals surface area contributed by atoms with Crippen molar-refractivity contribution in [3.63, 3.8) is 0 Å². The maximum Gasteiger partial charge on any atom is 0.231 e. The van der Waals surface area contributed by atoms with E-state index in [9.17, 15) is 5.11 Å². The van der Waals surface area contributed by atoms with Crippen molar-refractivity contribution in [2.75, 3.05) is 0 Å². The van der Waals surface area contributed by atoms with E-state index in [1.54, 1.807) is 0 Å². The Morgan fingerprint density at radius 2 is 1.03 bits per heavy atom. The third kappa shape index (κ3) is 7.68. The van der Waals surface area contributed by atoms with Crippen molar-refractivity contribution in [1.82, 2.24) is 9.97 Å². The fraction of sp³-hybridized carbons (Fsp3) is 0.250. The number of nitrogens with zero attached hydrogens (tertiary/aromatic N) is 2. The first-order valence-electron chi connectivity index (χ1n) is 21.0. The minimum Gasteiger partial charge on any atom is -0.507 e. The maximum absolute atomic E-state index is 12.1. The first kappa shape index (κ1) is 40.5. The molecule has 0 radical (unpaired) electrons. The van der Waals surface area contributed by atoms with E-state index < -0.39 is 5.41 Å². The van der Waals surface area contributed by atoms with Crippen LogP contribution in [0.15, 0.2) is 156 Å². The van der Waals surface area contributed by atoms with E-state index in [-0.39, 0.29) is 22.0 Å². The lowest BCUT2D eigenvalue weighted by molar-refractivity contribution is 0.450. The molecule has 0 atom stereocenters.